The molecular weight excluding hydrogens is 726 g/mol. The summed E-state index contributed by atoms with van der Waals surface area (Å²) in [7, 11) is 4.13. The van der Waals surface area contributed by atoms with Gasteiger partial charge < -0.3 is 15.1 Å². The number of benzene rings is 1. The zero-order valence-electron chi connectivity index (χ0n) is 29.9. The van der Waals surface area contributed by atoms with E-state index in [1.807, 2.05) is 90.4 Å². The molecule has 2 atom stereocenters. The maximum absolute atomic E-state index is 11.2. The lowest BCUT2D eigenvalue weighted by Crippen LogP contribution is -2.22. The Morgan fingerprint density at radius 2 is 1.19 bits per heavy atom. The van der Waals surface area contributed by atoms with Gasteiger partial charge in [0.25, 0.3) is 0 Å². The van der Waals surface area contributed by atoms with Crippen LogP contribution in [0.4, 0.5) is 17.3 Å². The van der Waals surface area contributed by atoms with Gasteiger partial charge in [0.15, 0.2) is 0 Å². The Labute approximate surface area is 321 Å². The number of hydrogen-bond donors (Lipinski definition) is 1. The van der Waals surface area contributed by atoms with E-state index in [1.54, 1.807) is 0 Å². The van der Waals surface area contributed by atoms with E-state index in [2.05, 4.69) is 122 Å². The Balaban J connectivity index is 0.000000241. The number of hydrogen-bond acceptors (Lipinski definition) is 7. The molecule has 53 heavy (non-hydrogen) atoms. The molecule has 0 spiro atoms. The fourth-order valence-corrected chi connectivity index (χ4v) is 6.21. The van der Waals surface area contributed by atoms with Crippen molar-refractivity contribution in [3.63, 3.8) is 0 Å². The molecule has 7 aromatic rings. The third kappa shape index (κ3) is 9.10. The van der Waals surface area contributed by atoms with Gasteiger partial charge in [0.2, 0.25) is 5.91 Å². The van der Waals surface area contributed by atoms with Gasteiger partial charge in [-0.25, -0.2) is 19.0 Å². The molecule has 7 rings (SSSR count). The fourth-order valence-electron chi connectivity index (χ4n) is 5.82. The topological polar surface area (TPSA) is 96.0 Å². The highest BCUT2D eigenvalue weighted by Gasteiger charge is 2.17. The smallest absolute Gasteiger partial charge is 0.221 e. The van der Waals surface area contributed by atoms with E-state index in [0.717, 1.165) is 49.5 Å². The second-order valence-corrected chi connectivity index (χ2v) is 13.7. The van der Waals surface area contributed by atoms with Crippen LogP contribution in [0.15, 0.2) is 114 Å². The summed E-state index contributed by atoms with van der Waals surface area (Å²) in [4.78, 5) is 24.6. The number of rotatable bonds is 8. The molecule has 6 heterocycles. The van der Waals surface area contributed by atoms with Gasteiger partial charge in [-0.05, 0) is 120 Å². The zero-order chi connectivity index (χ0) is 36.2. The van der Waals surface area contributed by atoms with Gasteiger partial charge >= 0.3 is 0 Å². The van der Waals surface area contributed by atoms with Crippen LogP contribution in [0, 0.1) is 13.8 Å². The van der Waals surface area contributed by atoms with Crippen molar-refractivity contribution < 1.29 is 4.79 Å². The van der Waals surface area contributed by atoms with Gasteiger partial charge in [-0.3, -0.25) is 4.79 Å². The molecule has 276 valence electrons. The largest absolute Gasteiger partial charge is 0.353 e. The molecule has 1 N–H and O–H groups in total. The van der Waals surface area contributed by atoms with Crippen molar-refractivity contribution >= 4 is 50.2 Å². The monoisotopic (exact) mass is 775 g/mol. The van der Waals surface area contributed by atoms with E-state index >= 15 is 0 Å². The summed E-state index contributed by atoms with van der Waals surface area (Å²) < 4.78 is 4.76. The molecule has 1 amide bonds. The molecule has 2 unspecified atom stereocenters. The molecule has 0 bridgehead atoms. The van der Waals surface area contributed by atoms with Crippen molar-refractivity contribution in [2.45, 2.75) is 61.6 Å². The normalized spacial score (nSPS) is 11.8. The van der Waals surface area contributed by atoms with Gasteiger partial charge in [-0.1, -0.05) is 39.1 Å². The fraction of sp³-hybridized carbons (Fsp3) is 0.262. The van der Waals surface area contributed by atoms with Crippen molar-refractivity contribution in [1.82, 2.24) is 29.2 Å². The second-order valence-electron chi connectivity index (χ2n) is 12.9. The minimum absolute atomic E-state index is 0. The molecule has 0 saturated carbocycles. The summed E-state index contributed by atoms with van der Waals surface area (Å²) in [6, 6.07) is 25.0. The average Bonchev–Trinajstić information content (AvgIpc) is 3.74. The zero-order valence-corrected chi connectivity index (χ0v) is 31.5. The van der Waals surface area contributed by atoms with Crippen LogP contribution < -0.4 is 15.1 Å². The van der Waals surface area contributed by atoms with E-state index in [4.69, 9.17) is 0 Å². The summed E-state index contributed by atoms with van der Waals surface area (Å²) in [5, 5.41) is 11.6. The van der Waals surface area contributed by atoms with Crippen LogP contribution in [0.5, 0.6) is 0 Å². The lowest BCUT2D eigenvalue weighted by Gasteiger charge is -2.26. The number of nitrogens with zero attached hydrogens (tertiary/aromatic N) is 8. The maximum Gasteiger partial charge on any atom is 0.221 e. The highest BCUT2D eigenvalue weighted by atomic mass is 79.9. The molecule has 10 nitrogen and oxygen atoms in total. The van der Waals surface area contributed by atoms with Crippen LogP contribution in [0.1, 0.15) is 70.0 Å². The van der Waals surface area contributed by atoms with Crippen LogP contribution in [-0.2, 0) is 4.79 Å². The lowest BCUT2D eigenvalue weighted by molar-refractivity contribution is -0.114. The van der Waals surface area contributed by atoms with Crippen molar-refractivity contribution in [2.24, 2.45) is 0 Å². The minimum Gasteiger partial charge on any atom is -0.353 e. The Hall–Kier alpha value is -5.55. The van der Waals surface area contributed by atoms with Crippen molar-refractivity contribution in [2.75, 3.05) is 29.2 Å². The SMILES string of the molecule is C.C.CC(=O)Nc1ccc(-c2cnn3ccc(C(C)N(C)c4ccc(C)cn4)cc23)cc1.Cc1ccc(N(C)C(C)c2ccn3ncc(Br)c3c2)nc1. The van der Waals surface area contributed by atoms with E-state index < -0.39 is 0 Å². The molecule has 6 aromatic heterocycles. The summed E-state index contributed by atoms with van der Waals surface area (Å²) in [5.41, 5.74) is 9.73. The Morgan fingerprint density at radius 1 is 0.698 bits per heavy atom. The Bertz CT molecular complexity index is 2260. The van der Waals surface area contributed by atoms with Gasteiger partial charge in [0.1, 0.15) is 11.6 Å². The molecule has 0 saturated heterocycles. The quantitative estimate of drug-likeness (QED) is 0.164. The number of carbonyl (C=O) groups excluding carboxylic acids is 1. The third-order valence-electron chi connectivity index (χ3n) is 9.20. The van der Waals surface area contributed by atoms with E-state index in [0.29, 0.717) is 0 Å². The number of halogens is 1. The first kappa shape index (κ1) is 40.2. The van der Waals surface area contributed by atoms with E-state index in [9.17, 15) is 4.79 Å². The summed E-state index contributed by atoms with van der Waals surface area (Å²) >= 11 is 3.53. The van der Waals surface area contributed by atoms with E-state index in [1.165, 1.54) is 23.6 Å². The predicted molar refractivity (Wildman–Crippen MR) is 223 cm³/mol. The number of pyridine rings is 4. The lowest BCUT2D eigenvalue weighted by atomic mass is 10.0. The Kier molecular flexibility index (Phi) is 13.1. The molecule has 0 aliphatic carbocycles. The highest BCUT2D eigenvalue weighted by Crippen LogP contribution is 2.30. The number of aryl methyl sites for hydroxylation is 2. The molecule has 1 aromatic carbocycles. The van der Waals surface area contributed by atoms with E-state index in [-0.39, 0.29) is 32.8 Å². The molecular formula is C42H50BrN9O. The number of amides is 1. The molecule has 0 aliphatic rings. The van der Waals surface area contributed by atoms with Crippen molar-refractivity contribution in [3.8, 4) is 11.1 Å². The van der Waals surface area contributed by atoms with Crippen LogP contribution in [0.25, 0.3) is 22.2 Å². The van der Waals surface area contributed by atoms with Crippen molar-refractivity contribution in [3.05, 3.63) is 137 Å². The summed E-state index contributed by atoms with van der Waals surface area (Å²) in [5.74, 6) is 1.83. The molecule has 0 radical (unpaired) electrons. The summed E-state index contributed by atoms with van der Waals surface area (Å²) in [6.45, 7) is 9.94. The van der Waals surface area contributed by atoms with Gasteiger partial charge in [-0.2, -0.15) is 10.2 Å². The standard InChI is InChI=1S/C24H25N5O.C16H17BrN4.2CH4/c1-16-5-10-24(25-14-16)28(4)17(2)20-11-12-29-23(13-20)22(15-26-29)19-6-8-21(9-7-19)27-18(3)30;1-11-4-5-16(18-9-11)20(3)12(2)13-6-7-21-15(8-13)14(17)10-19-21;;/h5-15,17H,1-4H3,(H,27,30);4-10,12H,1-3H3;2*1H4. The van der Waals surface area contributed by atoms with Gasteiger partial charge in [-0.15, -0.1) is 0 Å². The van der Waals surface area contributed by atoms with Crippen LogP contribution in [0.3, 0.4) is 0 Å². The number of fused-ring (bicyclic) bond motifs is 2. The van der Waals surface area contributed by atoms with Gasteiger partial charge in [0.05, 0.1) is 40.0 Å². The maximum atomic E-state index is 11.2. The molecule has 11 heteroatoms. The van der Waals surface area contributed by atoms with Gasteiger partial charge in [0, 0.05) is 57.1 Å². The number of anilines is 3. The number of carbonyl (C=O) groups is 1. The van der Waals surface area contributed by atoms with Crippen LogP contribution >= 0.6 is 15.9 Å². The first-order chi connectivity index (χ1) is 24.5. The Morgan fingerprint density at radius 3 is 1.68 bits per heavy atom. The highest BCUT2D eigenvalue weighted by molar-refractivity contribution is 9.10. The minimum atomic E-state index is -0.0791. The van der Waals surface area contributed by atoms with Crippen LogP contribution in [-0.4, -0.2) is 49.2 Å². The van der Waals surface area contributed by atoms with Crippen molar-refractivity contribution in [1.29, 1.82) is 0 Å². The summed E-state index contributed by atoms with van der Waals surface area (Å²) in [6.07, 6.45) is 11.5. The first-order valence-corrected chi connectivity index (χ1v) is 17.6. The second kappa shape index (κ2) is 17.3. The number of nitrogens with one attached hydrogen (secondary N) is 1. The predicted octanol–water partition coefficient (Wildman–Crippen LogP) is 10.1. The van der Waals surface area contributed by atoms with Crippen LogP contribution in [0.2, 0.25) is 0 Å². The number of aromatic nitrogens is 6. The average molecular weight is 777 g/mol. The third-order valence-corrected chi connectivity index (χ3v) is 9.81. The first-order valence-electron chi connectivity index (χ1n) is 16.8. The molecule has 0 fully saturated rings. The molecule has 0 aliphatic heterocycles.